The first-order valence-corrected chi connectivity index (χ1v) is 9.26. The van der Waals surface area contributed by atoms with Gasteiger partial charge in [-0.25, -0.2) is 9.29 Å². The van der Waals surface area contributed by atoms with Crippen LogP contribution in [-0.2, 0) is 20.8 Å². The Morgan fingerprint density at radius 2 is 1.58 bits per heavy atom. The third-order valence-corrected chi connectivity index (χ3v) is 5.43. The highest BCUT2D eigenvalue weighted by Crippen LogP contribution is 2.40. The summed E-state index contributed by atoms with van der Waals surface area (Å²) in [5.74, 6) is -1.41. The molecular formula is C20H21FN2O3. The van der Waals surface area contributed by atoms with Gasteiger partial charge in [0.1, 0.15) is 5.82 Å². The van der Waals surface area contributed by atoms with Gasteiger partial charge in [0.25, 0.3) is 11.8 Å². The lowest BCUT2D eigenvalue weighted by molar-refractivity contribution is -0.121. The fourth-order valence-electron chi connectivity index (χ4n) is 4.15. The summed E-state index contributed by atoms with van der Waals surface area (Å²) in [6.45, 7) is 2.50. The number of rotatable bonds is 3. The van der Waals surface area contributed by atoms with E-state index in [0.717, 1.165) is 29.7 Å². The van der Waals surface area contributed by atoms with Gasteiger partial charge in [-0.1, -0.05) is 6.92 Å². The Morgan fingerprint density at radius 3 is 2.19 bits per heavy atom. The number of hydrogen-bond acceptors (Lipinski definition) is 3. The molecule has 1 aromatic rings. The summed E-state index contributed by atoms with van der Waals surface area (Å²) >= 11 is 0. The predicted octanol–water partition coefficient (Wildman–Crippen LogP) is 3.26. The normalized spacial score (nSPS) is 20.0. The summed E-state index contributed by atoms with van der Waals surface area (Å²) < 4.78 is 14.8. The zero-order chi connectivity index (χ0) is 18.4. The lowest BCUT2D eigenvalue weighted by Gasteiger charge is -2.30. The average Bonchev–Trinajstić information content (AvgIpc) is 2.89. The van der Waals surface area contributed by atoms with Crippen molar-refractivity contribution in [3.05, 3.63) is 34.7 Å². The van der Waals surface area contributed by atoms with Crippen LogP contribution < -0.4 is 9.80 Å². The molecule has 0 atom stereocenters. The second-order valence-corrected chi connectivity index (χ2v) is 7.09. The summed E-state index contributed by atoms with van der Waals surface area (Å²) in [7, 11) is 0. The van der Waals surface area contributed by atoms with Crippen LogP contribution in [0.4, 0.5) is 15.8 Å². The zero-order valence-electron chi connectivity index (χ0n) is 14.8. The molecule has 0 spiro atoms. The van der Waals surface area contributed by atoms with Gasteiger partial charge in [-0.3, -0.25) is 14.4 Å². The van der Waals surface area contributed by atoms with Crippen molar-refractivity contribution in [2.24, 2.45) is 0 Å². The minimum absolute atomic E-state index is 0.00611. The molecule has 2 aliphatic heterocycles. The fourth-order valence-corrected chi connectivity index (χ4v) is 4.15. The summed E-state index contributed by atoms with van der Waals surface area (Å²) in [5.41, 5.74) is 2.38. The molecule has 6 heteroatoms. The van der Waals surface area contributed by atoms with Gasteiger partial charge in [0.15, 0.2) is 0 Å². The van der Waals surface area contributed by atoms with Gasteiger partial charge in [-0.05, 0) is 56.2 Å². The van der Waals surface area contributed by atoms with E-state index >= 15 is 0 Å². The van der Waals surface area contributed by atoms with Crippen LogP contribution in [0.5, 0.6) is 0 Å². The number of aryl methyl sites for hydroxylation is 1. The number of carbonyl (C=O) groups is 3. The molecule has 136 valence electrons. The number of imide groups is 1. The molecule has 3 amide bonds. The molecule has 0 unspecified atom stereocenters. The molecule has 3 aliphatic rings. The lowest BCUT2D eigenvalue weighted by Crippen LogP contribution is -2.37. The van der Waals surface area contributed by atoms with Crippen molar-refractivity contribution in [3.8, 4) is 0 Å². The van der Waals surface area contributed by atoms with Crippen LogP contribution in [0.15, 0.2) is 23.3 Å². The van der Waals surface area contributed by atoms with Gasteiger partial charge in [0, 0.05) is 29.8 Å². The topological polar surface area (TPSA) is 57.7 Å². The predicted molar refractivity (Wildman–Crippen MR) is 95.4 cm³/mol. The molecule has 0 bridgehead atoms. The van der Waals surface area contributed by atoms with Crippen LogP contribution in [0.25, 0.3) is 0 Å². The van der Waals surface area contributed by atoms with Gasteiger partial charge in [-0.2, -0.15) is 0 Å². The van der Waals surface area contributed by atoms with Gasteiger partial charge in [0.2, 0.25) is 5.91 Å². The highest BCUT2D eigenvalue weighted by atomic mass is 19.1. The molecule has 1 aliphatic carbocycles. The molecule has 5 nitrogen and oxygen atoms in total. The molecule has 0 fully saturated rings. The molecule has 0 aromatic heterocycles. The van der Waals surface area contributed by atoms with Crippen LogP contribution >= 0.6 is 0 Å². The van der Waals surface area contributed by atoms with Crippen molar-refractivity contribution in [1.29, 1.82) is 0 Å². The van der Waals surface area contributed by atoms with Gasteiger partial charge < -0.3 is 4.90 Å². The van der Waals surface area contributed by atoms with E-state index in [1.165, 1.54) is 12.1 Å². The van der Waals surface area contributed by atoms with E-state index in [0.29, 0.717) is 49.1 Å². The SMILES string of the molecule is CCCN1C(=O)CCc2cc(F)c(N3C(=O)C4=C(CCCC4)C3=O)cc21. The van der Waals surface area contributed by atoms with Gasteiger partial charge in [0.05, 0.1) is 5.69 Å². The number of benzene rings is 1. The average molecular weight is 356 g/mol. The van der Waals surface area contributed by atoms with Crippen molar-refractivity contribution in [3.63, 3.8) is 0 Å². The standard InChI is InChI=1S/C20H21FN2O3/c1-2-9-22-16-11-17(15(21)10-12(16)7-8-18(22)24)23-19(25)13-5-3-4-6-14(13)20(23)26/h10-11H,2-9H2,1H3. The first-order valence-electron chi connectivity index (χ1n) is 9.26. The van der Waals surface area contributed by atoms with Crippen LogP contribution in [-0.4, -0.2) is 24.3 Å². The summed E-state index contributed by atoms with van der Waals surface area (Å²) in [6, 6.07) is 2.88. The Hall–Kier alpha value is -2.50. The number of anilines is 2. The number of halogens is 1. The Bertz CT molecular complexity index is 831. The zero-order valence-corrected chi connectivity index (χ0v) is 14.8. The largest absolute Gasteiger partial charge is 0.312 e. The van der Waals surface area contributed by atoms with E-state index in [2.05, 4.69) is 0 Å². The lowest BCUT2D eigenvalue weighted by atomic mass is 9.93. The number of amides is 3. The van der Waals surface area contributed by atoms with Crippen LogP contribution in [0, 0.1) is 5.82 Å². The van der Waals surface area contributed by atoms with Crippen molar-refractivity contribution >= 4 is 29.1 Å². The Morgan fingerprint density at radius 1 is 0.923 bits per heavy atom. The first-order chi connectivity index (χ1) is 12.5. The van der Waals surface area contributed by atoms with E-state index in [4.69, 9.17) is 0 Å². The fraction of sp³-hybridized carbons (Fsp3) is 0.450. The third kappa shape index (κ3) is 2.47. The van der Waals surface area contributed by atoms with Crippen LogP contribution in [0.2, 0.25) is 0 Å². The number of nitrogens with zero attached hydrogens (tertiary/aromatic N) is 2. The minimum Gasteiger partial charge on any atom is -0.312 e. The molecular weight excluding hydrogens is 335 g/mol. The molecule has 2 heterocycles. The van der Waals surface area contributed by atoms with E-state index in [-0.39, 0.29) is 11.6 Å². The van der Waals surface area contributed by atoms with Crippen LogP contribution in [0.3, 0.4) is 0 Å². The van der Waals surface area contributed by atoms with E-state index in [1.54, 1.807) is 4.90 Å². The summed E-state index contributed by atoms with van der Waals surface area (Å²) in [4.78, 5) is 40.4. The van der Waals surface area contributed by atoms with Crippen molar-refractivity contribution in [2.75, 3.05) is 16.3 Å². The van der Waals surface area contributed by atoms with Crippen molar-refractivity contribution in [2.45, 2.75) is 51.9 Å². The second-order valence-electron chi connectivity index (χ2n) is 7.09. The van der Waals surface area contributed by atoms with E-state index < -0.39 is 17.6 Å². The van der Waals surface area contributed by atoms with Gasteiger partial charge >= 0.3 is 0 Å². The molecule has 0 saturated carbocycles. The second kappa shape index (κ2) is 6.34. The smallest absolute Gasteiger partial charge is 0.261 e. The quantitative estimate of drug-likeness (QED) is 0.781. The summed E-state index contributed by atoms with van der Waals surface area (Å²) in [6.07, 6.45) is 4.49. The van der Waals surface area contributed by atoms with E-state index in [1.807, 2.05) is 6.92 Å². The monoisotopic (exact) mass is 356 g/mol. The number of carbonyl (C=O) groups excluding carboxylic acids is 3. The minimum atomic E-state index is -0.587. The maximum atomic E-state index is 14.8. The van der Waals surface area contributed by atoms with Crippen molar-refractivity contribution < 1.29 is 18.8 Å². The Kier molecular flexibility index (Phi) is 4.13. The molecule has 0 saturated heterocycles. The van der Waals surface area contributed by atoms with Crippen molar-refractivity contribution in [1.82, 2.24) is 0 Å². The number of fused-ring (bicyclic) bond motifs is 1. The van der Waals surface area contributed by atoms with Gasteiger partial charge in [-0.15, -0.1) is 0 Å². The first kappa shape index (κ1) is 16.9. The maximum Gasteiger partial charge on any atom is 0.261 e. The molecule has 0 N–H and O–H groups in total. The van der Waals surface area contributed by atoms with E-state index in [9.17, 15) is 18.8 Å². The molecule has 0 radical (unpaired) electrons. The highest BCUT2D eigenvalue weighted by Gasteiger charge is 2.41. The Labute approximate surface area is 151 Å². The summed E-state index contributed by atoms with van der Waals surface area (Å²) in [5, 5.41) is 0. The number of hydrogen-bond donors (Lipinski definition) is 0. The molecule has 26 heavy (non-hydrogen) atoms. The Balaban J connectivity index is 1.78. The van der Waals surface area contributed by atoms with Crippen LogP contribution in [0.1, 0.15) is 51.0 Å². The maximum absolute atomic E-state index is 14.8. The highest BCUT2D eigenvalue weighted by molar-refractivity contribution is 6.33. The third-order valence-electron chi connectivity index (χ3n) is 5.43. The molecule has 4 rings (SSSR count). The molecule has 1 aromatic carbocycles.